The molecule has 2 aliphatic rings. The van der Waals surface area contributed by atoms with Crippen molar-refractivity contribution in [2.24, 2.45) is 5.92 Å². The topological polar surface area (TPSA) is 88.1 Å². The molecule has 1 aromatic carbocycles. The van der Waals surface area contributed by atoms with E-state index in [2.05, 4.69) is 0 Å². The van der Waals surface area contributed by atoms with Crippen LogP contribution in [0.3, 0.4) is 0 Å². The molecule has 1 atom stereocenters. The molecule has 7 heteroatoms. The summed E-state index contributed by atoms with van der Waals surface area (Å²) in [6.45, 7) is 2.45. The standard InChI is InChI=1S/C15H18N2O5/c18-14(16-20)10-1-2-11-8-17(4-6-22-13(11)7-10)15(19)12-3-5-21-9-12/h1-2,7,12,20H,3-6,8-9H2,(H,16,18). The number of carbonyl (C=O) groups is 2. The third-order valence-corrected chi connectivity index (χ3v) is 4.00. The minimum absolute atomic E-state index is 0.0685. The van der Waals surface area contributed by atoms with Crippen molar-refractivity contribution in [3.8, 4) is 5.75 Å². The normalized spacial score (nSPS) is 20.8. The summed E-state index contributed by atoms with van der Waals surface area (Å²) < 4.78 is 10.9. The third kappa shape index (κ3) is 2.90. The highest BCUT2D eigenvalue weighted by Gasteiger charge is 2.29. The quantitative estimate of drug-likeness (QED) is 0.616. The summed E-state index contributed by atoms with van der Waals surface area (Å²) in [6, 6.07) is 4.92. The molecule has 0 spiro atoms. The predicted octanol–water partition coefficient (Wildman–Crippen LogP) is 0.563. The summed E-state index contributed by atoms with van der Waals surface area (Å²) in [4.78, 5) is 25.7. The van der Waals surface area contributed by atoms with Crippen molar-refractivity contribution in [2.75, 3.05) is 26.4 Å². The number of ether oxygens (including phenoxy) is 2. The van der Waals surface area contributed by atoms with E-state index < -0.39 is 5.91 Å². The van der Waals surface area contributed by atoms with E-state index in [1.807, 2.05) is 0 Å². The molecule has 1 aromatic rings. The molecule has 0 radical (unpaired) electrons. The first kappa shape index (κ1) is 14.8. The van der Waals surface area contributed by atoms with Crippen molar-refractivity contribution in [2.45, 2.75) is 13.0 Å². The van der Waals surface area contributed by atoms with Gasteiger partial charge in [0.1, 0.15) is 12.4 Å². The maximum atomic E-state index is 12.5. The largest absolute Gasteiger partial charge is 0.491 e. The molecule has 1 saturated heterocycles. The first-order chi connectivity index (χ1) is 10.7. The van der Waals surface area contributed by atoms with Crippen molar-refractivity contribution in [1.29, 1.82) is 0 Å². The van der Waals surface area contributed by atoms with E-state index in [0.29, 0.717) is 44.2 Å². The number of amides is 2. The van der Waals surface area contributed by atoms with Gasteiger partial charge in [-0.05, 0) is 18.6 Å². The van der Waals surface area contributed by atoms with Crippen molar-refractivity contribution in [3.05, 3.63) is 29.3 Å². The zero-order chi connectivity index (χ0) is 15.5. The van der Waals surface area contributed by atoms with Crippen LogP contribution in [0.25, 0.3) is 0 Å². The molecule has 1 fully saturated rings. The Morgan fingerprint density at radius 3 is 2.91 bits per heavy atom. The van der Waals surface area contributed by atoms with Gasteiger partial charge in [0.15, 0.2) is 0 Å². The molecule has 2 aliphatic heterocycles. The Bertz CT molecular complexity index is 583. The van der Waals surface area contributed by atoms with E-state index in [4.69, 9.17) is 14.7 Å². The van der Waals surface area contributed by atoms with E-state index >= 15 is 0 Å². The van der Waals surface area contributed by atoms with Crippen LogP contribution in [0.2, 0.25) is 0 Å². The number of benzene rings is 1. The lowest BCUT2D eigenvalue weighted by Crippen LogP contribution is -2.37. The summed E-state index contributed by atoms with van der Waals surface area (Å²) in [5, 5.41) is 8.68. The van der Waals surface area contributed by atoms with Crippen molar-refractivity contribution < 1.29 is 24.3 Å². The molecule has 0 bridgehead atoms. The molecule has 0 aliphatic carbocycles. The number of nitrogens with zero attached hydrogens (tertiary/aromatic N) is 1. The average molecular weight is 306 g/mol. The summed E-state index contributed by atoms with van der Waals surface area (Å²) in [5.41, 5.74) is 2.75. The number of carbonyl (C=O) groups excluding carboxylic acids is 2. The fourth-order valence-corrected chi connectivity index (χ4v) is 2.75. The minimum atomic E-state index is -0.591. The number of nitrogens with one attached hydrogen (secondary N) is 1. The maximum absolute atomic E-state index is 12.5. The van der Waals surface area contributed by atoms with Gasteiger partial charge < -0.3 is 14.4 Å². The molecule has 0 aromatic heterocycles. The van der Waals surface area contributed by atoms with Gasteiger partial charge in [-0.1, -0.05) is 6.07 Å². The molecule has 22 heavy (non-hydrogen) atoms. The summed E-state index contributed by atoms with van der Waals surface area (Å²) >= 11 is 0. The third-order valence-electron chi connectivity index (χ3n) is 4.00. The summed E-state index contributed by atoms with van der Waals surface area (Å²) in [5.74, 6) is -0.00197. The molecular weight excluding hydrogens is 288 g/mol. The van der Waals surface area contributed by atoms with E-state index in [1.165, 1.54) is 0 Å². The minimum Gasteiger partial charge on any atom is -0.491 e. The van der Waals surface area contributed by atoms with Crippen molar-refractivity contribution >= 4 is 11.8 Å². The zero-order valence-corrected chi connectivity index (χ0v) is 12.1. The molecule has 1 unspecified atom stereocenters. The van der Waals surface area contributed by atoms with Crippen molar-refractivity contribution in [3.63, 3.8) is 0 Å². The van der Waals surface area contributed by atoms with Crippen LogP contribution in [0.5, 0.6) is 5.75 Å². The monoisotopic (exact) mass is 306 g/mol. The highest BCUT2D eigenvalue weighted by atomic mass is 16.5. The first-order valence-corrected chi connectivity index (χ1v) is 7.25. The van der Waals surface area contributed by atoms with Crippen LogP contribution >= 0.6 is 0 Å². The van der Waals surface area contributed by atoms with Crippen LogP contribution in [0, 0.1) is 5.92 Å². The second kappa shape index (κ2) is 6.33. The molecule has 2 N–H and O–H groups in total. The van der Waals surface area contributed by atoms with Gasteiger partial charge in [-0.2, -0.15) is 0 Å². The van der Waals surface area contributed by atoms with Crippen LogP contribution in [-0.2, 0) is 16.1 Å². The van der Waals surface area contributed by atoms with Crippen LogP contribution in [0.4, 0.5) is 0 Å². The number of hydroxylamine groups is 1. The molecule has 3 rings (SSSR count). The van der Waals surface area contributed by atoms with E-state index in [0.717, 1.165) is 12.0 Å². The van der Waals surface area contributed by atoms with E-state index in [1.54, 1.807) is 28.6 Å². The predicted molar refractivity (Wildman–Crippen MR) is 75.5 cm³/mol. The lowest BCUT2D eigenvalue weighted by atomic mass is 10.1. The van der Waals surface area contributed by atoms with Gasteiger partial charge in [-0.3, -0.25) is 14.8 Å². The van der Waals surface area contributed by atoms with Gasteiger partial charge in [0.25, 0.3) is 5.91 Å². The van der Waals surface area contributed by atoms with Gasteiger partial charge in [0, 0.05) is 24.3 Å². The van der Waals surface area contributed by atoms with Gasteiger partial charge in [-0.15, -0.1) is 0 Å². The lowest BCUT2D eigenvalue weighted by molar-refractivity contribution is -0.136. The van der Waals surface area contributed by atoms with Gasteiger partial charge in [0.2, 0.25) is 5.91 Å². The molecule has 2 amide bonds. The lowest BCUT2D eigenvalue weighted by Gasteiger charge is -2.22. The Hall–Kier alpha value is -2.12. The molecule has 2 heterocycles. The Kier molecular flexibility index (Phi) is 4.26. The second-order valence-electron chi connectivity index (χ2n) is 5.43. The highest BCUT2D eigenvalue weighted by Crippen LogP contribution is 2.26. The summed E-state index contributed by atoms with van der Waals surface area (Å²) in [6.07, 6.45) is 0.763. The first-order valence-electron chi connectivity index (χ1n) is 7.25. The van der Waals surface area contributed by atoms with E-state index in [-0.39, 0.29) is 11.8 Å². The Labute approximate surface area is 127 Å². The van der Waals surface area contributed by atoms with Crippen LogP contribution in [-0.4, -0.2) is 48.3 Å². The van der Waals surface area contributed by atoms with Crippen LogP contribution < -0.4 is 10.2 Å². The average Bonchev–Trinajstić information content (AvgIpc) is 2.99. The zero-order valence-electron chi connectivity index (χ0n) is 12.1. The number of fused-ring (bicyclic) bond motifs is 1. The van der Waals surface area contributed by atoms with Crippen molar-refractivity contribution in [1.82, 2.24) is 10.4 Å². The molecular formula is C15H18N2O5. The highest BCUT2D eigenvalue weighted by molar-refractivity contribution is 5.93. The molecule has 118 valence electrons. The Morgan fingerprint density at radius 1 is 1.32 bits per heavy atom. The maximum Gasteiger partial charge on any atom is 0.274 e. The van der Waals surface area contributed by atoms with Crippen LogP contribution in [0.1, 0.15) is 22.3 Å². The summed E-state index contributed by atoms with van der Waals surface area (Å²) in [7, 11) is 0. The van der Waals surface area contributed by atoms with Gasteiger partial charge in [0.05, 0.1) is 19.1 Å². The number of rotatable bonds is 2. The second-order valence-corrected chi connectivity index (χ2v) is 5.43. The Balaban J connectivity index is 1.78. The SMILES string of the molecule is O=C(NO)c1ccc2c(c1)OCCN(C(=O)C1CCOC1)C2. The van der Waals surface area contributed by atoms with E-state index in [9.17, 15) is 9.59 Å². The fourth-order valence-electron chi connectivity index (χ4n) is 2.75. The fraction of sp³-hybridized carbons (Fsp3) is 0.467. The Morgan fingerprint density at radius 2 is 2.18 bits per heavy atom. The smallest absolute Gasteiger partial charge is 0.274 e. The molecule has 7 nitrogen and oxygen atoms in total. The molecule has 0 saturated carbocycles. The van der Waals surface area contributed by atoms with Gasteiger partial charge >= 0.3 is 0 Å². The number of hydrogen-bond donors (Lipinski definition) is 2. The number of hydrogen-bond acceptors (Lipinski definition) is 5. The van der Waals surface area contributed by atoms with Crippen LogP contribution in [0.15, 0.2) is 18.2 Å². The van der Waals surface area contributed by atoms with Gasteiger partial charge in [-0.25, -0.2) is 5.48 Å².